The first-order chi connectivity index (χ1) is 11.2. The van der Waals surface area contributed by atoms with Gasteiger partial charge in [0.05, 0.1) is 18.2 Å². The van der Waals surface area contributed by atoms with Crippen molar-refractivity contribution in [2.45, 2.75) is 84.7 Å². The second kappa shape index (κ2) is 7.53. The number of nitrogens with one attached hydrogen (secondary N) is 1. The Bertz CT molecular complexity index is 504. The van der Waals surface area contributed by atoms with E-state index in [0.29, 0.717) is 18.8 Å². The van der Waals surface area contributed by atoms with Crippen LogP contribution in [-0.2, 0) is 4.79 Å². The molecule has 0 radical (unpaired) electrons. The van der Waals surface area contributed by atoms with Gasteiger partial charge in [0.15, 0.2) is 0 Å². The van der Waals surface area contributed by atoms with Crippen LogP contribution in [0, 0.1) is 11.3 Å². The molecular weight excluding hydrogens is 306 g/mol. The van der Waals surface area contributed by atoms with E-state index >= 15 is 0 Å². The minimum absolute atomic E-state index is 0.0473. The van der Waals surface area contributed by atoms with Gasteiger partial charge in [-0.15, -0.1) is 0 Å². The molecule has 6 nitrogen and oxygen atoms in total. The maximum atomic E-state index is 12.4. The summed E-state index contributed by atoms with van der Waals surface area (Å²) in [5.41, 5.74) is 0.558. The third kappa shape index (κ3) is 4.71. The summed E-state index contributed by atoms with van der Waals surface area (Å²) < 4.78 is 0. The predicted octanol–water partition coefficient (Wildman–Crippen LogP) is 3.62. The Balaban J connectivity index is 2.05. The maximum Gasteiger partial charge on any atom is 0.404 e. The van der Waals surface area contributed by atoms with Crippen molar-refractivity contribution >= 4 is 17.7 Å². The lowest BCUT2D eigenvalue weighted by Gasteiger charge is -2.32. The number of carboxylic acid groups (broad SMARTS) is 1. The summed E-state index contributed by atoms with van der Waals surface area (Å²) in [5, 5.41) is 17.9. The van der Waals surface area contributed by atoms with Crippen molar-refractivity contribution in [3.05, 3.63) is 0 Å². The molecule has 2 rings (SSSR count). The number of hydrogen-bond donors (Lipinski definition) is 2. The van der Waals surface area contributed by atoms with Gasteiger partial charge in [-0.3, -0.25) is 4.79 Å². The molecule has 1 fully saturated rings. The van der Waals surface area contributed by atoms with E-state index < -0.39 is 6.09 Å². The number of nitrogens with zero attached hydrogens (tertiary/aromatic N) is 2. The second-order valence-electron chi connectivity index (χ2n) is 8.29. The molecule has 2 aliphatic rings. The van der Waals surface area contributed by atoms with E-state index in [1.54, 1.807) is 5.01 Å². The molecule has 24 heavy (non-hydrogen) atoms. The van der Waals surface area contributed by atoms with Crippen LogP contribution in [0.1, 0.15) is 72.6 Å². The van der Waals surface area contributed by atoms with E-state index in [4.69, 9.17) is 5.11 Å². The summed E-state index contributed by atoms with van der Waals surface area (Å²) >= 11 is 0. The summed E-state index contributed by atoms with van der Waals surface area (Å²) in [6, 6.07) is -0.123. The molecule has 1 aliphatic heterocycles. The Morgan fingerprint density at radius 1 is 1.33 bits per heavy atom. The van der Waals surface area contributed by atoms with Crippen molar-refractivity contribution in [1.29, 1.82) is 0 Å². The largest absolute Gasteiger partial charge is 0.465 e. The van der Waals surface area contributed by atoms with Crippen LogP contribution < -0.4 is 5.32 Å². The van der Waals surface area contributed by atoms with Crippen LogP contribution in [-0.4, -0.2) is 39.9 Å². The molecule has 1 saturated carbocycles. The van der Waals surface area contributed by atoms with Gasteiger partial charge in [-0.25, -0.2) is 9.80 Å². The average molecular weight is 337 g/mol. The summed E-state index contributed by atoms with van der Waals surface area (Å²) in [5.74, 6) is 0.576. The van der Waals surface area contributed by atoms with Crippen LogP contribution in [0.5, 0.6) is 0 Å². The molecule has 2 unspecified atom stereocenters. The summed E-state index contributed by atoms with van der Waals surface area (Å²) in [6.07, 6.45) is 5.86. The van der Waals surface area contributed by atoms with Crippen LogP contribution in [0.3, 0.4) is 0 Å². The van der Waals surface area contributed by atoms with Gasteiger partial charge in [0.2, 0.25) is 5.91 Å². The first kappa shape index (κ1) is 18.7. The van der Waals surface area contributed by atoms with Crippen LogP contribution >= 0.6 is 0 Å². The van der Waals surface area contributed by atoms with E-state index in [0.717, 1.165) is 5.71 Å². The van der Waals surface area contributed by atoms with Crippen molar-refractivity contribution in [3.63, 3.8) is 0 Å². The van der Waals surface area contributed by atoms with Crippen LogP contribution in [0.2, 0.25) is 0 Å². The fraction of sp³-hybridized carbons (Fsp3) is 0.833. The first-order valence-electron chi connectivity index (χ1n) is 9.06. The molecule has 2 atom stereocenters. The predicted molar refractivity (Wildman–Crippen MR) is 94.0 cm³/mol. The van der Waals surface area contributed by atoms with Crippen LogP contribution in [0.25, 0.3) is 0 Å². The highest BCUT2D eigenvalue weighted by Crippen LogP contribution is 2.31. The SMILES string of the molecule is CC(C1CCCCC1)N1N=C(CC(NC(=O)O)C(C)(C)C)CC1=O. The van der Waals surface area contributed by atoms with Crippen molar-refractivity contribution in [3.8, 4) is 0 Å². The fourth-order valence-electron chi connectivity index (χ4n) is 3.70. The Kier molecular flexibility index (Phi) is 5.88. The Labute approximate surface area is 144 Å². The van der Waals surface area contributed by atoms with E-state index in [-0.39, 0.29) is 23.4 Å². The van der Waals surface area contributed by atoms with Gasteiger partial charge in [0.1, 0.15) is 0 Å². The highest BCUT2D eigenvalue weighted by Gasteiger charge is 2.35. The minimum atomic E-state index is -1.03. The first-order valence-corrected chi connectivity index (χ1v) is 9.06. The molecule has 2 N–H and O–H groups in total. The van der Waals surface area contributed by atoms with Crippen molar-refractivity contribution in [1.82, 2.24) is 10.3 Å². The zero-order chi connectivity index (χ0) is 17.9. The van der Waals surface area contributed by atoms with Gasteiger partial charge < -0.3 is 10.4 Å². The van der Waals surface area contributed by atoms with E-state index in [9.17, 15) is 9.59 Å². The third-order valence-corrected chi connectivity index (χ3v) is 5.36. The Hall–Kier alpha value is -1.59. The maximum absolute atomic E-state index is 12.4. The van der Waals surface area contributed by atoms with Crippen molar-refractivity contribution in [2.75, 3.05) is 0 Å². The molecule has 6 heteroatoms. The smallest absolute Gasteiger partial charge is 0.404 e. The van der Waals surface area contributed by atoms with Gasteiger partial charge in [0.25, 0.3) is 0 Å². The molecule has 0 saturated heterocycles. The van der Waals surface area contributed by atoms with Crippen molar-refractivity contribution < 1.29 is 14.7 Å². The summed E-state index contributed by atoms with van der Waals surface area (Å²) in [6.45, 7) is 8.07. The standard InChI is InChI=1S/C18H31N3O3/c1-12(13-8-6-5-7-9-13)21-16(22)11-14(20-21)10-15(18(2,3)4)19-17(23)24/h12-13,15,19H,5-11H2,1-4H3,(H,23,24). The number of carbonyl (C=O) groups excluding carboxylic acids is 1. The molecule has 0 aromatic rings. The Morgan fingerprint density at radius 2 is 1.96 bits per heavy atom. The molecule has 0 aromatic heterocycles. The lowest BCUT2D eigenvalue weighted by Crippen LogP contribution is -2.44. The molecule has 1 aliphatic carbocycles. The average Bonchev–Trinajstić information content (AvgIpc) is 2.86. The molecule has 0 aromatic carbocycles. The number of rotatable bonds is 5. The molecule has 1 heterocycles. The normalized spacial score (nSPS) is 22.2. The second-order valence-corrected chi connectivity index (χ2v) is 8.29. The molecule has 136 valence electrons. The Morgan fingerprint density at radius 3 is 2.50 bits per heavy atom. The third-order valence-electron chi connectivity index (χ3n) is 5.36. The lowest BCUT2D eigenvalue weighted by atomic mass is 9.83. The van der Waals surface area contributed by atoms with Gasteiger partial charge in [0, 0.05) is 12.5 Å². The number of amides is 2. The summed E-state index contributed by atoms with van der Waals surface area (Å²) in [4.78, 5) is 23.4. The van der Waals surface area contributed by atoms with Gasteiger partial charge in [-0.1, -0.05) is 40.0 Å². The van der Waals surface area contributed by atoms with Crippen LogP contribution in [0.15, 0.2) is 5.10 Å². The zero-order valence-electron chi connectivity index (χ0n) is 15.3. The quantitative estimate of drug-likeness (QED) is 0.804. The molecule has 2 amide bonds. The van der Waals surface area contributed by atoms with E-state index in [2.05, 4.69) is 17.3 Å². The summed E-state index contributed by atoms with van der Waals surface area (Å²) in [7, 11) is 0. The zero-order valence-corrected chi connectivity index (χ0v) is 15.3. The monoisotopic (exact) mass is 337 g/mol. The van der Waals surface area contributed by atoms with Crippen LogP contribution in [0.4, 0.5) is 4.79 Å². The molecule has 0 spiro atoms. The topological polar surface area (TPSA) is 82.0 Å². The highest BCUT2D eigenvalue weighted by atomic mass is 16.4. The molecular formula is C18H31N3O3. The van der Waals surface area contributed by atoms with Gasteiger partial charge in [-0.2, -0.15) is 5.10 Å². The number of hydrogen-bond acceptors (Lipinski definition) is 3. The number of carbonyl (C=O) groups is 2. The van der Waals surface area contributed by atoms with Crippen molar-refractivity contribution in [2.24, 2.45) is 16.4 Å². The van der Waals surface area contributed by atoms with Gasteiger partial charge in [-0.05, 0) is 31.1 Å². The highest BCUT2D eigenvalue weighted by molar-refractivity contribution is 6.05. The number of hydrazone groups is 1. The molecule has 0 bridgehead atoms. The van der Waals surface area contributed by atoms with Gasteiger partial charge >= 0.3 is 6.09 Å². The minimum Gasteiger partial charge on any atom is -0.465 e. The fourth-order valence-corrected chi connectivity index (χ4v) is 3.70. The van der Waals surface area contributed by atoms with E-state index in [1.807, 2.05) is 20.8 Å². The lowest BCUT2D eigenvalue weighted by molar-refractivity contribution is -0.131. The van der Waals surface area contributed by atoms with E-state index in [1.165, 1.54) is 32.1 Å².